The van der Waals surface area contributed by atoms with Gasteiger partial charge in [0.2, 0.25) is 0 Å². The molecule has 0 fully saturated rings. The summed E-state index contributed by atoms with van der Waals surface area (Å²) in [5.74, 6) is -0.205. The highest BCUT2D eigenvalue weighted by atomic mass is 19.1. The van der Waals surface area contributed by atoms with Crippen LogP contribution in [0, 0.1) is 5.82 Å². The topological polar surface area (TPSA) is 61.7 Å². The molecule has 1 unspecified atom stereocenters. The molecular formula is C16H18FNO3. The van der Waals surface area contributed by atoms with Gasteiger partial charge in [-0.15, -0.1) is 0 Å². The number of nitrogens with one attached hydrogen (secondary N) is 1. The van der Waals surface area contributed by atoms with Gasteiger partial charge in [-0.2, -0.15) is 0 Å². The second kappa shape index (κ2) is 7.06. The maximum absolute atomic E-state index is 13.7. The van der Waals surface area contributed by atoms with E-state index in [-0.39, 0.29) is 18.9 Å². The third kappa shape index (κ3) is 3.93. The number of benzene rings is 2. The molecule has 3 N–H and O–H groups in total. The summed E-state index contributed by atoms with van der Waals surface area (Å²) >= 11 is 0. The lowest BCUT2D eigenvalue weighted by Gasteiger charge is -2.12. The van der Waals surface area contributed by atoms with Crippen LogP contribution < -0.4 is 10.1 Å². The van der Waals surface area contributed by atoms with E-state index in [9.17, 15) is 9.50 Å². The van der Waals surface area contributed by atoms with E-state index in [1.807, 2.05) is 24.3 Å². The second-order valence-electron chi connectivity index (χ2n) is 4.65. The van der Waals surface area contributed by atoms with Crippen LogP contribution in [0.4, 0.5) is 10.1 Å². The number of rotatable bonds is 6. The van der Waals surface area contributed by atoms with Crippen molar-refractivity contribution in [2.45, 2.75) is 6.10 Å². The van der Waals surface area contributed by atoms with Crippen LogP contribution in [0.5, 0.6) is 5.75 Å². The van der Waals surface area contributed by atoms with Crippen molar-refractivity contribution in [1.29, 1.82) is 0 Å². The van der Waals surface area contributed by atoms with Gasteiger partial charge in [0.1, 0.15) is 0 Å². The Morgan fingerprint density at radius 2 is 1.95 bits per heavy atom. The fourth-order valence-electron chi connectivity index (χ4n) is 1.95. The Labute approximate surface area is 122 Å². The molecule has 0 spiro atoms. The van der Waals surface area contributed by atoms with Crippen molar-refractivity contribution in [2.75, 3.05) is 25.6 Å². The third-order valence-corrected chi connectivity index (χ3v) is 3.10. The largest absolute Gasteiger partial charge is 0.494 e. The van der Waals surface area contributed by atoms with E-state index < -0.39 is 11.9 Å². The molecule has 0 saturated carbocycles. The third-order valence-electron chi connectivity index (χ3n) is 3.10. The quantitative estimate of drug-likeness (QED) is 0.764. The summed E-state index contributed by atoms with van der Waals surface area (Å²) in [5.41, 5.74) is 2.37. The molecule has 2 aromatic carbocycles. The zero-order valence-electron chi connectivity index (χ0n) is 11.7. The van der Waals surface area contributed by atoms with Gasteiger partial charge in [-0.25, -0.2) is 4.39 Å². The van der Waals surface area contributed by atoms with Gasteiger partial charge in [-0.1, -0.05) is 18.2 Å². The molecule has 1 atom stereocenters. The van der Waals surface area contributed by atoms with Gasteiger partial charge in [-0.3, -0.25) is 0 Å². The molecule has 2 rings (SSSR count). The van der Waals surface area contributed by atoms with Crippen LogP contribution in [0.15, 0.2) is 42.5 Å². The molecule has 0 aromatic heterocycles. The first-order valence-electron chi connectivity index (χ1n) is 6.61. The lowest BCUT2D eigenvalue weighted by Crippen LogP contribution is -2.22. The van der Waals surface area contributed by atoms with Gasteiger partial charge in [0.05, 0.1) is 19.8 Å². The van der Waals surface area contributed by atoms with Crippen molar-refractivity contribution in [1.82, 2.24) is 0 Å². The van der Waals surface area contributed by atoms with Gasteiger partial charge in [0, 0.05) is 12.2 Å². The smallest absolute Gasteiger partial charge is 0.165 e. The molecule has 0 saturated heterocycles. The molecule has 5 heteroatoms. The van der Waals surface area contributed by atoms with Crippen molar-refractivity contribution < 1.29 is 19.3 Å². The minimum atomic E-state index is -0.813. The standard InChI is InChI=1S/C16H18FNO3/c1-21-16-6-5-12(8-15(16)17)11-3-2-4-13(7-11)18-9-14(20)10-19/h2-8,14,18-20H,9-10H2,1H3. The fourth-order valence-corrected chi connectivity index (χ4v) is 1.95. The van der Waals surface area contributed by atoms with Gasteiger partial charge >= 0.3 is 0 Å². The molecule has 112 valence electrons. The van der Waals surface area contributed by atoms with Crippen LogP contribution in [0.25, 0.3) is 11.1 Å². The highest BCUT2D eigenvalue weighted by molar-refractivity contribution is 5.68. The van der Waals surface area contributed by atoms with E-state index in [1.54, 1.807) is 12.1 Å². The molecule has 0 heterocycles. The minimum Gasteiger partial charge on any atom is -0.494 e. The number of hydrogen-bond donors (Lipinski definition) is 3. The predicted molar refractivity (Wildman–Crippen MR) is 80.0 cm³/mol. The molecule has 0 aliphatic heterocycles. The SMILES string of the molecule is COc1ccc(-c2cccc(NCC(O)CO)c2)cc1F. The average molecular weight is 291 g/mol. The Kier molecular flexibility index (Phi) is 5.14. The molecule has 21 heavy (non-hydrogen) atoms. The van der Waals surface area contributed by atoms with Gasteiger partial charge in [0.25, 0.3) is 0 Å². The summed E-state index contributed by atoms with van der Waals surface area (Å²) < 4.78 is 18.6. The average Bonchev–Trinajstić information content (AvgIpc) is 2.52. The van der Waals surface area contributed by atoms with E-state index in [0.29, 0.717) is 0 Å². The highest BCUT2D eigenvalue weighted by Crippen LogP contribution is 2.27. The first-order valence-corrected chi connectivity index (χ1v) is 6.61. The number of aliphatic hydroxyl groups is 2. The highest BCUT2D eigenvalue weighted by Gasteiger charge is 2.06. The summed E-state index contributed by atoms with van der Waals surface area (Å²) in [4.78, 5) is 0. The molecular weight excluding hydrogens is 273 g/mol. The Morgan fingerprint density at radius 3 is 2.62 bits per heavy atom. The number of methoxy groups -OCH3 is 1. The summed E-state index contributed by atoms with van der Waals surface area (Å²) in [6, 6.07) is 12.2. The van der Waals surface area contributed by atoms with E-state index in [4.69, 9.17) is 9.84 Å². The van der Waals surface area contributed by atoms with Gasteiger partial charge < -0.3 is 20.3 Å². The lowest BCUT2D eigenvalue weighted by molar-refractivity contribution is 0.105. The number of aliphatic hydroxyl groups excluding tert-OH is 2. The van der Waals surface area contributed by atoms with E-state index in [2.05, 4.69) is 5.32 Å². The molecule has 0 aliphatic carbocycles. The normalized spacial score (nSPS) is 12.0. The van der Waals surface area contributed by atoms with Crippen LogP contribution in [0.2, 0.25) is 0 Å². The summed E-state index contributed by atoms with van der Waals surface area (Å²) in [7, 11) is 1.43. The molecule has 2 aromatic rings. The number of ether oxygens (including phenoxy) is 1. The number of halogens is 1. The van der Waals surface area contributed by atoms with E-state index >= 15 is 0 Å². The maximum atomic E-state index is 13.7. The minimum absolute atomic E-state index is 0.207. The fraction of sp³-hybridized carbons (Fsp3) is 0.250. The number of hydrogen-bond acceptors (Lipinski definition) is 4. The molecule has 0 amide bonds. The Morgan fingerprint density at radius 1 is 1.19 bits per heavy atom. The monoisotopic (exact) mass is 291 g/mol. The molecule has 0 radical (unpaired) electrons. The van der Waals surface area contributed by atoms with Crippen molar-refractivity contribution in [3.8, 4) is 16.9 Å². The van der Waals surface area contributed by atoms with Crippen molar-refractivity contribution in [2.24, 2.45) is 0 Å². The Hall–Kier alpha value is -2.11. The number of anilines is 1. The first-order chi connectivity index (χ1) is 10.1. The van der Waals surface area contributed by atoms with E-state index in [1.165, 1.54) is 13.2 Å². The molecule has 0 bridgehead atoms. The van der Waals surface area contributed by atoms with Crippen molar-refractivity contribution in [3.63, 3.8) is 0 Å². The molecule has 0 aliphatic rings. The van der Waals surface area contributed by atoms with Crippen LogP contribution in [-0.4, -0.2) is 36.6 Å². The predicted octanol–water partition coefficient (Wildman–Crippen LogP) is 2.27. The first kappa shape index (κ1) is 15.3. The van der Waals surface area contributed by atoms with E-state index in [0.717, 1.165) is 16.8 Å². The zero-order chi connectivity index (χ0) is 15.2. The molecule has 4 nitrogen and oxygen atoms in total. The zero-order valence-corrected chi connectivity index (χ0v) is 11.7. The summed E-state index contributed by atoms with van der Waals surface area (Å²) in [6.45, 7) is -0.0483. The van der Waals surface area contributed by atoms with Gasteiger partial charge in [-0.05, 0) is 35.4 Å². The van der Waals surface area contributed by atoms with Crippen molar-refractivity contribution >= 4 is 5.69 Å². The summed E-state index contributed by atoms with van der Waals surface area (Å²) in [6.07, 6.45) is -0.813. The van der Waals surface area contributed by atoms with Gasteiger partial charge in [0.15, 0.2) is 11.6 Å². The summed E-state index contributed by atoms with van der Waals surface area (Å²) in [5, 5.41) is 21.1. The van der Waals surface area contributed by atoms with Crippen LogP contribution in [0.3, 0.4) is 0 Å². The maximum Gasteiger partial charge on any atom is 0.165 e. The Bertz CT molecular complexity index is 604. The van der Waals surface area contributed by atoms with Crippen LogP contribution >= 0.6 is 0 Å². The van der Waals surface area contributed by atoms with Crippen LogP contribution in [0.1, 0.15) is 0 Å². The Balaban J connectivity index is 2.18. The van der Waals surface area contributed by atoms with Crippen LogP contribution in [-0.2, 0) is 0 Å². The second-order valence-corrected chi connectivity index (χ2v) is 4.65. The van der Waals surface area contributed by atoms with Crippen molar-refractivity contribution in [3.05, 3.63) is 48.3 Å². The lowest BCUT2D eigenvalue weighted by atomic mass is 10.0.